The Bertz CT molecular complexity index is 988. The zero-order valence-electron chi connectivity index (χ0n) is 16.1. The summed E-state index contributed by atoms with van der Waals surface area (Å²) in [5.41, 5.74) is 4.76. The molecule has 2 aromatic carbocycles. The number of nitrogens with one attached hydrogen (secondary N) is 1. The standard InChI is InChI=1S/C22H25N3O2/c1-15(2)22(26)23-14-21-24-18-7-5-6-8-19(18)25(21)11-12-27-20-10-9-16(3)13-17(20)4/h5-10,13H,1,11-12,14H2,2-4H3,(H,23,26). The molecule has 140 valence electrons. The molecule has 3 aromatic rings. The van der Waals surface area contributed by atoms with E-state index in [0.29, 0.717) is 25.3 Å². The first kappa shape index (κ1) is 18.7. The molecule has 1 aromatic heterocycles. The zero-order chi connectivity index (χ0) is 19.4. The van der Waals surface area contributed by atoms with Gasteiger partial charge in [-0.15, -0.1) is 0 Å². The first-order valence-corrected chi connectivity index (χ1v) is 9.03. The fraction of sp³-hybridized carbons (Fsp3) is 0.273. The van der Waals surface area contributed by atoms with Crippen LogP contribution in [0.4, 0.5) is 0 Å². The number of nitrogens with zero attached hydrogens (tertiary/aromatic N) is 2. The number of amides is 1. The predicted octanol–water partition coefficient (Wildman–Crippen LogP) is 3.92. The molecule has 1 amide bonds. The molecular formula is C22H25N3O2. The first-order chi connectivity index (χ1) is 13.0. The number of aryl methyl sites for hydroxylation is 2. The molecule has 0 spiro atoms. The third-order valence-electron chi connectivity index (χ3n) is 4.43. The van der Waals surface area contributed by atoms with Crippen molar-refractivity contribution in [3.05, 3.63) is 71.6 Å². The van der Waals surface area contributed by atoms with Crippen molar-refractivity contribution in [2.45, 2.75) is 33.9 Å². The summed E-state index contributed by atoms with van der Waals surface area (Å²) in [6.07, 6.45) is 0. The fourth-order valence-electron chi connectivity index (χ4n) is 3.03. The Hall–Kier alpha value is -3.08. The molecule has 3 rings (SSSR count). The highest BCUT2D eigenvalue weighted by atomic mass is 16.5. The van der Waals surface area contributed by atoms with E-state index in [-0.39, 0.29) is 5.91 Å². The predicted molar refractivity (Wildman–Crippen MR) is 108 cm³/mol. The molecule has 5 nitrogen and oxygen atoms in total. The third kappa shape index (κ3) is 4.37. The van der Waals surface area contributed by atoms with Crippen LogP contribution in [0, 0.1) is 13.8 Å². The van der Waals surface area contributed by atoms with E-state index in [1.54, 1.807) is 6.92 Å². The number of carbonyl (C=O) groups is 1. The summed E-state index contributed by atoms with van der Waals surface area (Å²) < 4.78 is 8.08. The molecule has 0 aliphatic carbocycles. The van der Waals surface area contributed by atoms with Crippen molar-refractivity contribution in [3.63, 3.8) is 0 Å². The van der Waals surface area contributed by atoms with E-state index in [2.05, 4.69) is 34.4 Å². The van der Waals surface area contributed by atoms with Crippen LogP contribution in [0.3, 0.4) is 0 Å². The summed E-state index contributed by atoms with van der Waals surface area (Å²) >= 11 is 0. The van der Waals surface area contributed by atoms with E-state index in [4.69, 9.17) is 4.74 Å². The van der Waals surface area contributed by atoms with Crippen LogP contribution in [0.2, 0.25) is 0 Å². The van der Waals surface area contributed by atoms with Gasteiger partial charge >= 0.3 is 0 Å². The summed E-state index contributed by atoms with van der Waals surface area (Å²) in [6.45, 7) is 11.0. The molecule has 0 saturated carbocycles. The quantitative estimate of drug-likeness (QED) is 0.647. The number of hydrogen-bond donors (Lipinski definition) is 1. The van der Waals surface area contributed by atoms with Crippen LogP contribution in [0.5, 0.6) is 5.75 Å². The van der Waals surface area contributed by atoms with Gasteiger partial charge in [0.15, 0.2) is 0 Å². The molecule has 0 fully saturated rings. The van der Waals surface area contributed by atoms with Crippen LogP contribution < -0.4 is 10.1 Å². The van der Waals surface area contributed by atoms with Crippen molar-refractivity contribution in [2.75, 3.05) is 6.61 Å². The van der Waals surface area contributed by atoms with E-state index in [1.807, 2.05) is 43.3 Å². The van der Waals surface area contributed by atoms with Crippen LogP contribution in [0.25, 0.3) is 11.0 Å². The lowest BCUT2D eigenvalue weighted by atomic mass is 10.1. The van der Waals surface area contributed by atoms with Gasteiger partial charge < -0.3 is 14.6 Å². The molecular weight excluding hydrogens is 338 g/mol. The highest BCUT2D eigenvalue weighted by Gasteiger charge is 2.12. The highest BCUT2D eigenvalue weighted by Crippen LogP contribution is 2.20. The van der Waals surface area contributed by atoms with E-state index in [1.165, 1.54) is 5.56 Å². The molecule has 1 heterocycles. The van der Waals surface area contributed by atoms with E-state index in [9.17, 15) is 4.79 Å². The van der Waals surface area contributed by atoms with Gasteiger partial charge in [-0.1, -0.05) is 36.4 Å². The smallest absolute Gasteiger partial charge is 0.246 e. The number of hydrogen-bond acceptors (Lipinski definition) is 3. The van der Waals surface area contributed by atoms with Gasteiger partial charge in [0, 0.05) is 5.57 Å². The minimum atomic E-state index is -0.167. The van der Waals surface area contributed by atoms with Gasteiger partial charge in [0.2, 0.25) is 5.91 Å². The molecule has 0 saturated heterocycles. The number of rotatable bonds is 7. The number of carbonyl (C=O) groups excluding carboxylic acids is 1. The normalized spacial score (nSPS) is 10.8. The summed E-state index contributed by atoms with van der Waals surface area (Å²) in [4.78, 5) is 16.5. The van der Waals surface area contributed by atoms with E-state index >= 15 is 0 Å². The molecule has 0 bridgehead atoms. The van der Waals surface area contributed by atoms with Crippen molar-refractivity contribution >= 4 is 16.9 Å². The minimum Gasteiger partial charge on any atom is -0.491 e. The summed E-state index contributed by atoms with van der Waals surface area (Å²) in [6, 6.07) is 14.1. The maximum absolute atomic E-state index is 11.8. The number of ether oxygens (including phenoxy) is 1. The summed E-state index contributed by atoms with van der Waals surface area (Å²) in [7, 11) is 0. The van der Waals surface area contributed by atoms with Crippen molar-refractivity contribution in [1.82, 2.24) is 14.9 Å². The second-order valence-corrected chi connectivity index (χ2v) is 6.75. The number of fused-ring (bicyclic) bond motifs is 1. The van der Waals surface area contributed by atoms with Crippen LogP contribution in [0.15, 0.2) is 54.6 Å². The maximum atomic E-state index is 11.8. The monoisotopic (exact) mass is 363 g/mol. The average Bonchev–Trinajstić information content (AvgIpc) is 2.99. The molecule has 27 heavy (non-hydrogen) atoms. The van der Waals surface area contributed by atoms with Gasteiger partial charge in [0.1, 0.15) is 18.2 Å². The largest absolute Gasteiger partial charge is 0.491 e. The molecule has 0 atom stereocenters. The van der Waals surface area contributed by atoms with E-state index in [0.717, 1.165) is 28.2 Å². The number of para-hydroxylation sites is 2. The third-order valence-corrected chi connectivity index (χ3v) is 4.43. The Labute approximate surface area is 159 Å². The Morgan fingerprint density at radius 2 is 2.00 bits per heavy atom. The maximum Gasteiger partial charge on any atom is 0.246 e. The van der Waals surface area contributed by atoms with E-state index < -0.39 is 0 Å². The summed E-state index contributed by atoms with van der Waals surface area (Å²) in [5.74, 6) is 1.53. The Morgan fingerprint density at radius 1 is 1.22 bits per heavy atom. The Morgan fingerprint density at radius 3 is 2.74 bits per heavy atom. The second kappa shape index (κ2) is 8.08. The fourth-order valence-corrected chi connectivity index (χ4v) is 3.03. The molecule has 0 aliphatic rings. The second-order valence-electron chi connectivity index (χ2n) is 6.75. The van der Waals surface area contributed by atoms with Crippen LogP contribution >= 0.6 is 0 Å². The Kier molecular flexibility index (Phi) is 5.60. The molecule has 5 heteroatoms. The molecule has 0 radical (unpaired) electrons. The summed E-state index contributed by atoms with van der Waals surface area (Å²) in [5, 5.41) is 2.86. The minimum absolute atomic E-state index is 0.167. The number of imidazole rings is 1. The van der Waals surface area contributed by atoms with Crippen LogP contribution in [-0.2, 0) is 17.9 Å². The van der Waals surface area contributed by atoms with Crippen molar-refractivity contribution in [2.24, 2.45) is 0 Å². The van der Waals surface area contributed by atoms with Gasteiger partial charge in [-0.25, -0.2) is 4.98 Å². The Balaban J connectivity index is 1.76. The number of aromatic nitrogens is 2. The highest BCUT2D eigenvalue weighted by molar-refractivity contribution is 5.92. The van der Waals surface area contributed by atoms with Crippen LogP contribution in [0.1, 0.15) is 23.9 Å². The lowest BCUT2D eigenvalue weighted by molar-refractivity contribution is -0.117. The van der Waals surface area contributed by atoms with Gasteiger partial charge in [0.25, 0.3) is 0 Å². The zero-order valence-corrected chi connectivity index (χ0v) is 16.1. The first-order valence-electron chi connectivity index (χ1n) is 9.03. The van der Waals surface area contributed by atoms with Crippen molar-refractivity contribution in [3.8, 4) is 5.75 Å². The lowest BCUT2D eigenvalue weighted by Crippen LogP contribution is -2.25. The SMILES string of the molecule is C=C(C)C(=O)NCc1nc2ccccc2n1CCOc1ccc(C)cc1C. The van der Waals surface area contributed by atoms with Crippen LogP contribution in [-0.4, -0.2) is 22.1 Å². The van der Waals surface area contributed by atoms with Crippen molar-refractivity contribution in [1.29, 1.82) is 0 Å². The van der Waals surface area contributed by atoms with Gasteiger partial charge in [-0.2, -0.15) is 0 Å². The van der Waals surface area contributed by atoms with Gasteiger partial charge in [-0.3, -0.25) is 4.79 Å². The average molecular weight is 363 g/mol. The van der Waals surface area contributed by atoms with Gasteiger partial charge in [0.05, 0.1) is 24.1 Å². The van der Waals surface area contributed by atoms with Gasteiger partial charge in [-0.05, 0) is 44.5 Å². The molecule has 0 aliphatic heterocycles. The molecule has 1 N–H and O–H groups in total. The lowest BCUT2D eigenvalue weighted by Gasteiger charge is -2.13. The molecule has 0 unspecified atom stereocenters. The number of benzene rings is 2. The van der Waals surface area contributed by atoms with Crippen molar-refractivity contribution < 1.29 is 9.53 Å². The topological polar surface area (TPSA) is 56.2 Å².